The Labute approximate surface area is 238 Å². The number of halogens is 1. The summed E-state index contributed by atoms with van der Waals surface area (Å²) in [5, 5.41) is 13.3. The van der Waals surface area contributed by atoms with Gasteiger partial charge < -0.3 is 29.6 Å². The first kappa shape index (κ1) is 29.7. The van der Waals surface area contributed by atoms with Gasteiger partial charge in [-0.05, 0) is 57.9 Å². The second-order valence-electron chi connectivity index (χ2n) is 10.3. The van der Waals surface area contributed by atoms with Gasteiger partial charge in [0.25, 0.3) is 11.5 Å². The van der Waals surface area contributed by atoms with Gasteiger partial charge in [-0.2, -0.15) is 0 Å². The number of carbonyl (C=O) groups excluding carboxylic acids is 1. The number of hydrogen-bond acceptors (Lipinski definition) is 8. The number of hydrogen-bond donors (Lipinski definition) is 3. The zero-order chi connectivity index (χ0) is 28.3. The lowest BCUT2D eigenvalue weighted by atomic mass is 9.97. The lowest BCUT2D eigenvalue weighted by molar-refractivity contribution is -0.268. The summed E-state index contributed by atoms with van der Waals surface area (Å²) in [5.74, 6) is -0.425. The number of likely N-dealkylation sites (tertiary alicyclic amines) is 1. The Bertz CT molecular complexity index is 1260. The Hall–Kier alpha value is -2.24. The van der Waals surface area contributed by atoms with Gasteiger partial charge in [0.05, 0.1) is 18.1 Å². The van der Waals surface area contributed by atoms with Crippen LogP contribution >= 0.6 is 23.4 Å². The minimum atomic E-state index is -1.02. The molecule has 2 unspecified atom stereocenters. The topological polar surface area (TPSA) is 113 Å². The van der Waals surface area contributed by atoms with Crippen LogP contribution in [0.2, 0.25) is 5.02 Å². The number of ether oxygens (including phenoxy) is 3. The third kappa shape index (κ3) is 6.57. The van der Waals surface area contributed by atoms with Gasteiger partial charge in [0, 0.05) is 47.0 Å². The van der Waals surface area contributed by atoms with Crippen LogP contribution in [-0.2, 0) is 11.3 Å². The highest BCUT2D eigenvalue weighted by Crippen LogP contribution is 2.43. The molecule has 0 aliphatic carbocycles. The number of thioether (sulfide) groups is 1. The highest BCUT2D eigenvalue weighted by Gasteiger charge is 2.43. The summed E-state index contributed by atoms with van der Waals surface area (Å²) >= 11 is 7.96. The molecule has 3 heterocycles. The zero-order valence-corrected chi connectivity index (χ0v) is 24.8. The third-order valence-corrected chi connectivity index (χ3v) is 8.67. The molecule has 2 aliphatic heterocycles. The van der Waals surface area contributed by atoms with Crippen LogP contribution < -0.4 is 20.3 Å². The molecule has 0 saturated carbocycles. The van der Waals surface area contributed by atoms with Gasteiger partial charge in [0.1, 0.15) is 12.7 Å². The molecule has 3 N–H and O–H groups in total. The minimum Gasteiger partial charge on any atom is -0.484 e. The van der Waals surface area contributed by atoms with Crippen LogP contribution in [0.1, 0.15) is 59.8 Å². The fourth-order valence-corrected chi connectivity index (χ4v) is 6.19. The molecule has 0 radical (unpaired) electrons. The fourth-order valence-electron chi connectivity index (χ4n) is 5.23. The van der Waals surface area contributed by atoms with Gasteiger partial charge in [0.15, 0.2) is 17.3 Å². The van der Waals surface area contributed by atoms with E-state index in [0.717, 1.165) is 36.3 Å². The number of methoxy groups -OCH3 is 1. The number of amides is 1. The maximum Gasteiger partial charge on any atom is 0.254 e. The number of aliphatic hydroxyl groups is 1. The van der Waals surface area contributed by atoms with Crippen LogP contribution in [0.15, 0.2) is 21.8 Å². The predicted molar refractivity (Wildman–Crippen MR) is 152 cm³/mol. The van der Waals surface area contributed by atoms with Gasteiger partial charge in [-0.3, -0.25) is 14.5 Å². The minimum absolute atomic E-state index is 0.0934. The predicted octanol–water partition coefficient (Wildman–Crippen LogP) is 4.04. The lowest BCUT2D eigenvalue weighted by Gasteiger charge is -2.48. The number of benzene rings is 1. The number of fused-ring (bicyclic) bond motifs is 1. The highest BCUT2D eigenvalue weighted by molar-refractivity contribution is 7.98. The second-order valence-corrected chi connectivity index (χ2v) is 11.6. The summed E-state index contributed by atoms with van der Waals surface area (Å²) < 4.78 is 17.4. The van der Waals surface area contributed by atoms with Crippen LogP contribution in [0.5, 0.6) is 11.5 Å². The molecule has 2 aliphatic rings. The van der Waals surface area contributed by atoms with Gasteiger partial charge in [-0.25, -0.2) is 0 Å². The molecular weight excluding hydrogens is 542 g/mol. The molecule has 1 aromatic carbocycles. The van der Waals surface area contributed by atoms with Gasteiger partial charge in [-0.1, -0.05) is 18.5 Å². The van der Waals surface area contributed by atoms with Gasteiger partial charge in [-0.15, -0.1) is 11.8 Å². The molecule has 214 valence electrons. The molecular formula is C28H38ClN3O6S. The maximum atomic E-state index is 13.2. The monoisotopic (exact) mass is 579 g/mol. The Morgan fingerprint density at radius 1 is 1.36 bits per heavy atom. The van der Waals surface area contributed by atoms with E-state index in [9.17, 15) is 14.7 Å². The Balaban J connectivity index is 1.39. The average Bonchev–Trinajstić information content (AvgIpc) is 2.90. The van der Waals surface area contributed by atoms with Crippen molar-refractivity contribution in [1.29, 1.82) is 0 Å². The zero-order valence-electron chi connectivity index (χ0n) is 23.2. The number of nitrogens with zero attached hydrogens (tertiary/aromatic N) is 1. The van der Waals surface area contributed by atoms with Gasteiger partial charge >= 0.3 is 0 Å². The van der Waals surface area contributed by atoms with Gasteiger partial charge in [0.2, 0.25) is 0 Å². The summed E-state index contributed by atoms with van der Waals surface area (Å²) in [6.45, 7) is 7.32. The molecule has 0 bridgehead atoms. The summed E-state index contributed by atoms with van der Waals surface area (Å²) in [7, 11) is 1.53. The number of aromatic nitrogens is 1. The molecule has 0 spiro atoms. The van der Waals surface area contributed by atoms with E-state index in [1.165, 1.54) is 18.9 Å². The molecule has 2 atom stereocenters. The fraction of sp³-hybridized carbons (Fsp3) is 0.571. The second kappa shape index (κ2) is 12.5. The number of rotatable bonds is 11. The number of β-amino-alcohol motifs (C(OH)–C–C–N with tert-alkyl or cyclic N) is 1. The SMILES string of the molecule is CCC(CCCC1COc2c(Cl)cc(C(=O)NCc3c(SC)cc(C)[nH]c3=O)c(C)c2O1)N1CC(O)(OC)C1. The Morgan fingerprint density at radius 2 is 2.10 bits per heavy atom. The number of aromatic amines is 1. The van der Waals surface area contributed by atoms with E-state index in [-0.39, 0.29) is 24.1 Å². The first-order chi connectivity index (χ1) is 18.6. The van der Waals surface area contributed by atoms with E-state index in [1.807, 2.05) is 26.2 Å². The smallest absolute Gasteiger partial charge is 0.254 e. The third-order valence-electron chi connectivity index (χ3n) is 7.59. The van der Waals surface area contributed by atoms with Crippen LogP contribution in [0.25, 0.3) is 0 Å². The summed E-state index contributed by atoms with van der Waals surface area (Å²) in [5.41, 5.74) is 2.09. The van der Waals surface area contributed by atoms with E-state index in [2.05, 4.69) is 22.1 Å². The van der Waals surface area contributed by atoms with Crippen molar-refractivity contribution in [2.24, 2.45) is 0 Å². The van der Waals surface area contributed by atoms with E-state index < -0.39 is 5.79 Å². The number of aryl methyl sites for hydroxylation is 1. The molecule has 2 aromatic rings. The van der Waals surface area contributed by atoms with Crippen molar-refractivity contribution >= 4 is 29.3 Å². The van der Waals surface area contributed by atoms with Crippen molar-refractivity contribution in [3.05, 3.63) is 49.9 Å². The van der Waals surface area contributed by atoms with E-state index in [4.69, 9.17) is 25.8 Å². The maximum absolute atomic E-state index is 13.2. The molecule has 1 amide bonds. The Kier molecular flexibility index (Phi) is 9.54. The van der Waals surface area contributed by atoms with Crippen molar-refractivity contribution in [3.8, 4) is 11.5 Å². The Morgan fingerprint density at radius 3 is 2.77 bits per heavy atom. The normalized spacial score (nSPS) is 18.9. The standard InChI is InChI=1S/C28H38ClN3O6S/c1-6-18(32-14-28(35,15-32)36-4)8-7-9-19-13-37-25-22(29)11-20(17(3)24(25)38-19)26(33)30-12-21-23(39-5)10-16(2)31-27(21)34/h10-11,18-19,35H,6-9,12-15H2,1-5H3,(H,30,33)(H,31,34). The molecule has 1 fully saturated rings. The quantitative estimate of drug-likeness (QED) is 0.270. The van der Waals surface area contributed by atoms with Crippen molar-refractivity contribution < 1.29 is 24.1 Å². The van der Waals surface area contributed by atoms with E-state index in [1.54, 1.807) is 6.07 Å². The summed E-state index contributed by atoms with van der Waals surface area (Å²) in [6.07, 6.45) is 5.42. The van der Waals surface area contributed by atoms with E-state index >= 15 is 0 Å². The molecule has 9 nitrogen and oxygen atoms in total. The lowest BCUT2D eigenvalue weighted by Crippen LogP contribution is -2.65. The number of H-pyrrole nitrogens is 1. The van der Waals surface area contributed by atoms with Crippen LogP contribution in [0.4, 0.5) is 0 Å². The highest BCUT2D eigenvalue weighted by atomic mass is 35.5. The van der Waals surface area contributed by atoms with Crippen molar-refractivity contribution in [2.45, 2.75) is 75.8 Å². The van der Waals surface area contributed by atoms with Crippen LogP contribution in [-0.4, -0.2) is 71.9 Å². The molecule has 1 aromatic heterocycles. The summed E-state index contributed by atoms with van der Waals surface area (Å²) in [4.78, 5) is 31.5. The van der Waals surface area contributed by atoms with Crippen molar-refractivity contribution in [1.82, 2.24) is 15.2 Å². The largest absolute Gasteiger partial charge is 0.484 e. The van der Waals surface area contributed by atoms with Crippen molar-refractivity contribution in [2.75, 3.05) is 33.1 Å². The number of pyridine rings is 1. The molecule has 11 heteroatoms. The van der Waals surface area contributed by atoms with Crippen molar-refractivity contribution in [3.63, 3.8) is 0 Å². The van der Waals surface area contributed by atoms with Crippen LogP contribution in [0.3, 0.4) is 0 Å². The first-order valence-corrected chi connectivity index (χ1v) is 14.9. The average molecular weight is 580 g/mol. The molecule has 1 saturated heterocycles. The number of carbonyl (C=O) groups is 1. The molecule has 39 heavy (non-hydrogen) atoms. The summed E-state index contributed by atoms with van der Waals surface area (Å²) in [6, 6.07) is 3.85. The number of nitrogens with one attached hydrogen (secondary N) is 2. The van der Waals surface area contributed by atoms with E-state index in [0.29, 0.717) is 59.0 Å². The van der Waals surface area contributed by atoms with Crippen LogP contribution in [0, 0.1) is 13.8 Å². The first-order valence-electron chi connectivity index (χ1n) is 13.3. The molecule has 4 rings (SSSR count).